The summed E-state index contributed by atoms with van der Waals surface area (Å²) in [6.07, 6.45) is -3.80. The highest BCUT2D eigenvalue weighted by molar-refractivity contribution is 7.89. The van der Waals surface area contributed by atoms with Crippen LogP contribution in [0.5, 0.6) is 0 Å². The Bertz CT molecular complexity index is 338. The Morgan fingerprint density at radius 3 is 2.39 bits per heavy atom. The summed E-state index contributed by atoms with van der Waals surface area (Å²) in [5.74, 6) is 0.118. The van der Waals surface area contributed by atoms with Crippen LogP contribution in [0.4, 0.5) is 13.2 Å². The van der Waals surface area contributed by atoms with Crippen molar-refractivity contribution in [3.63, 3.8) is 0 Å². The van der Waals surface area contributed by atoms with Crippen molar-refractivity contribution in [2.24, 2.45) is 5.92 Å². The molecule has 1 fully saturated rings. The fourth-order valence-corrected chi connectivity index (χ4v) is 3.46. The normalized spacial score (nSPS) is 19.1. The van der Waals surface area contributed by atoms with Gasteiger partial charge in [0, 0.05) is 13.0 Å². The highest BCUT2D eigenvalue weighted by Crippen LogP contribution is 2.20. The number of halogens is 3. The lowest BCUT2D eigenvalue weighted by atomic mass is 10.0. The molecule has 0 amide bonds. The first-order valence-electron chi connectivity index (χ1n) is 6.03. The van der Waals surface area contributed by atoms with E-state index in [9.17, 15) is 21.6 Å². The van der Waals surface area contributed by atoms with Crippen LogP contribution in [-0.4, -0.2) is 40.0 Å². The van der Waals surface area contributed by atoms with Gasteiger partial charge in [-0.25, -0.2) is 13.1 Å². The van der Waals surface area contributed by atoms with Crippen molar-refractivity contribution in [1.82, 2.24) is 10.0 Å². The Morgan fingerprint density at radius 2 is 1.83 bits per heavy atom. The molecule has 0 radical (unpaired) electrons. The number of hydrogen-bond acceptors (Lipinski definition) is 3. The lowest BCUT2D eigenvalue weighted by Crippen LogP contribution is -2.36. The minimum Gasteiger partial charge on any atom is -0.317 e. The van der Waals surface area contributed by atoms with Crippen LogP contribution in [0.1, 0.15) is 25.7 Å². The molecule has 0 unspecified atom stereocenters. The molecule has 8 heteroatoms. The monoisotopic (exact) mass is 288 g/mol. The first-order valence-corrected chi connectivity index (χ1v) is 7.68. The third-order valence-electron chi connectivity index (χ3n) is 2.87. The number of hydrogen-bond donors (Lipinski definition) is 2. The molecule has 2 N–H and O–H groups in total. The van der Waals surface area contributed by atoms with Crippen LogP contribution in [0.15, 0.2) is 0 Å². The molecule has 0 spiro atoms. The molecule has 0 aromatic carbocycles. The SMILES string of the molecule is O=S(=O)(CC1CCNCC1)NCCCC(F)(F)F. The van der Waals surface area contributed by atoms with E-state index in [1.807, 2.05) is 0 Å². The summed E-state index contributed by atoms with van der Waals surface area (Å²) in [6.45, 7) is 1.45. The van der Waals surface area contributed by atoms with Crippen molar-refractivity contribution in [3.8, 4) is 0 Å². The summed E-state index contributed by atoms with van der Waals surface area (Å²) in [5, 5.41) is 3.13. The molecular weight excluding hydrogens is 269 g/mol. The number of nitrogens with one attached hydrogen (secondary N) is 2. The van der Waals surface area contributed by atoms with Gasteiger partial charge in [0.1, 0.15) is 0 Å². The van der Waals surface area contributed by atoms with Crippen molar-refractivity contribution in [2.75, 3.05) is 25.4 Å². The zero-order chi connectivity index (χ0) is 13.6. The van der Waals surface area contributed by atoms with Gasteiger partial charge in [0.05, 0.1) is 5.75 Å². The summed E-state index contributed by atoms with van der Waals surface area (Å²) in [5.41, 5.74) is 0. The molecule has 1 rings (SSSR count). The van der Waals surface area contributed by atoms with E-state index in [2.05, 4.69) is 10.0 Å². The lowest BCUT2D eigenvalue weighted by Gasteiger charge is -2.22. The van der Waals surface area contributed by atoms with Crippen LogP contribution in [-0.2, 0) is 10.0 Å². The van der Waals surface area contributed by atoms with Crippen LogP contribution >= 0.6 is 0 Å². The van der Waals surface area contributed by atoms with E-state index < -0.39 is 22.6 Å². The van der Waals surface area contributed by atoms with E-state index in [0.29, 0.717) is 0 Å². The molecule has 0 aliphatic carbocycles. The number of piperidine rings is 1. The molecular formula is C10H19F3N2O2S. The van der Waals surface area contributed by atoms with Crippen molar-refractivity contribution in [3.05, 3.63) is 0 Å². The number of rotatable bonds is 6. The van der Waals surface area contributed by atoms with Gasteiger partial charge in [0.2, 0.25) is 10.0 Å². The van der Waals surface area contributed by atoms with E-state index in [4.69, 9.17) is 0 Å². The van der Waals surface area contributed by atoms with Crippen LogP contribution < -0.4 is 10.0 Å². The molecule has 1 saturated heterocycles. The minimum atomic E-state index is -4.22. The van der Waals surface area contributed by atoms with Gasteiger partial charge in [0.25, 0.3) is 0 Å². The van der Waals surface area contributed by atoms with Crippen LogP contribution in [0, 0.1) is 5.92 Å². The van der Waals surface area contributed by atoms with Crippen LogP contribution in [0.3, 0.4) is 0 Å². The molecule has 0 aromatic heterocycles. The lowest BCUT2D eigenvalue weighted by molar-refractivity contribution is -0.135. The standard InChI is InChI=1S/C10H19F3N2O2S/c11-10(12,13)4-1-5-15-18(16,17)8-9-2-6-14-7-3-9/h9,14-15H,1-8H2. The molecule has 0 saturated carbocycles. The minimum absolute atomic E-state index is 0.0146. The van der Waals surface area contributed by atoms with Gasteiger partial charge in [-0.15, -0.1) is 0 Å². The van der Waals surface area contributed by atoms with Gasteiger partial charge in [-0.1, -0.05) is 0 Å². The second kappa shape index (κ2) is 6.72. The second-order valence-corrected chi connectivity index (χ2v) is 6.44. The predicted octanol–water partition coefficient (Wildman–Crippen LogP) is 1.25. The Kier molecular flexibility index (Phi) is 5.87. The Hall–Kier alpha value is -0.340. The average molecular weight is 288 g/mol. The topological polar surface area (TPSA) is 58.2 Å². The van der Waals surface area contributed by atoms with Gasteiger partial charge in [-0.05, 0) is 38.3 Å². The summed E-state index contributed by atoms with van der Waals surface area (Å²) in [4.78, 5) is 0. The number of sulfonamides is 1. The van der Waals surface area contributed by atoms with Crippen LogP contribution in [0.2, 0.25) is 0 Å². The summed E-state index contributed by atoms with van der Waals surface area (Å²) >= 11 is 0. The molecule has 18 heavy (non-hydrogen) atoms. The number of alkyl halides is 3. The van der Waals surface area contributed by atoms with E-state index in [1.165, 1.54) is 0 Å². The molecule has 108 valence electrons. The molecule has 1 aliphatic rings. The van der Waals surface area contributed by atoms with Gasteiger partial charge >= 0.3 is 6.18 Å². The Balaban J connectivity index is 2.22. The quantitative estimate of drug-likeness (QED) is 0.723. The maximum atomic E-state index is 11.9. The summed E-state index contributed by atoms with van der Waals surface area (Å²) in [7, 11) is -3.44. The molecule has 0 atom stereocenters. The third kappa shape index (κ3) is 7.17. The fourth-order valence-electron chi connectivity index (χ4n) is 1.93. The fraction of sp³-hybridized carbons (Fsp3) is 1.00. The third-order valence-corrected chi connectivity index (χ3v) is 4.43. The Labute approximate surface area is 105 Å². The smallest absolute Gasteiger partial charge is 0.317 e. The largest absolute Gasteiger partial charge is 0.389 e. The zero-order valence-corrected chi connectivity index (χ0v) is 10.9. The first-order chi connectivity index (χ1) is 8.29. The van der Waals surface area contributed by atoms with Gasteiger partial charge in [-0.2, -0.15) is 13.2 Å². The maximum Gasteiger partial charge on any atom is 0.389 e. The van der Waals surface area contributed by atoms with Gasteiger partial charge in [-0.3, -0.25) is 0 Å². The molecule has 0 bridgehead atoms. The summed E-state index contributed by atoms with van der Waals surface area (Å²) in [6, 6.07) is 0. The first kappa shape index (κ1) is 15.7. The van der Waals surface area contributed by atoms with Crippen molar-refractivity contribution >= 4 is 10.0 Å². The summed E-state index contributed by atoms with van der Waals surface area (Å²) < 4.78 is 61.0. The molecule has 1 heterocycles. The highest BCUT2D eigenvalue weighted by Gasteiger charge is 2.26. The van der Waals surface area contributed by atoms with Crippen LogP contribution in [0.25, 0.3) is 0 Å². The van der Waals surface area contributed by atoms with Crippen molar-refractivity contribution in [2.45, 2.75) is 31.9 Å². The van der Waals surface area contributed by atoms with E-state index in [-0.39, 0.29) is 24.6 Å². The molecule has 1 aliphatic heterocycles. The van der Waals surface area contributed by atoms with E-state index in [1.54, 1.807) is 0 Å². The maximum absolute atomic E-state index is 11.9. The van der Waals surface area contributed by atoms with Crippen molar-refractivity contribution < 1.29 is 21.6 Å². The van der Waals surface area contributed by atoms with E-state index in [0.717, 1.165) is 25.9 Å². The average Bonchev–Trinajstić information content (AvgIpc) is 2.24. The highest BCUT2D eigenvalue weighted by atomic mass is 32.2. The molecule has 0 aromatic rings. The predicted molar refractivity (Wildman–Crippen MR) is 62.7 cm³/mol. The molecule has 4 nitrogen and oxygen atoms in total. The zero-order valence-electron chi connectivity index (χ0n) is 10.1. The van der Waals surface area contributed by atoms with Crippen molar-refractivity contribution in [1.29, 1.82) is 0 Å². The van der Waals surface area contributed by atoms with Gasteiger partial charge < -0.3 is 5.32 Å². The van der Waals surface area contributed by atoms with E-state index >= 15 is 0 Å². The van der Waals surface area contributed by atoms with Gasteiger partial charge in [0.15, 0.2) is 0 Å². The second-order valence-electron chi connectivity index (χ2n) is 4.59. The Morgan fingerprint density at radius 1 is 1.22 bits per heavy atom.